The van der Waals surface area contributed by atoms with Crippen LogP contribution in [0.5, 0.6) is 0 Å². The lowest BCUT2D eigenvalue weighted by Gasteiger charge is -2.36. The summed E-state index contributed by atoms with van der Waals surface area (Å²) in [5.74, 6) is -1.20. The first-order chi connectivity index (χ1) is 27.2. The number of imide groups is 1. The second-order valence-corrected chi connectivity index (χ2v) is 14.7. The summed E-state index contributed by atoms with van der Waals surface area (Å²) in [5.41, 5.74) is 6.22. The highest BCUT2D eigenvalue weighted by Gasteiger charge is 2.40. The van der Waals surface area contributed by atoms with E-state index in [-0.39, 0.29) is 49.9 Å². The van der Waals surface area contributed by atoms with Crippen molar-refractivity contribution in [3.05, 3.63) is 161 Å². The Morgan fingerprint density at radius 3 is 2.21 bits per heavy atom. The van der Waals surface area contributed by atoms with Gasteiger partial charge in [0.25, 0.3) is 5.91 Å². The predicted octanol–water partition coefficient (Wildman–Crippen LogP) is 7.44. The maximum atomic E-state index is 13.2. The SMILES string of the molecule is O=C(NC1CC(=O)N(Cc2cccc(-c3ccc([C@@H]4O[C@H](CSc5ccc(C(=O)O)cc5)C[C@H](c5ccc(CO)cc5)O4)cc3)c2)C1=O)OCc1ccccc1. The van der Waals surface area contributed by atoms with Crippen molar-refractivity contribution in [1.82, 2.24) is 10.2 Å². The second kappa shape index (κ2) is 17.8. The Bertz CT molecular complexity index is 2160. The van der Waals surface area contributed by atoms with Crippen molar-refractivity contribution < 1.29 is 43.6 Å². The van der Waals surface area contributed by atoms with E-state index >= 15 is 0 Å². The van der Waals surface area contributed by atoms with Crippen LogP contribution in [0.25, 0.3) is 11.1 Å². The van der Waals surface area contributed by atoms with Crippen molar-refractivity contribution in [2.45, 2.75) is 62.0 Å². The standard InChI is InChI=1S/C44H40N2O9S/c47-25-28-9-11-32(12-10-28)39-22-36(27-56-37-19-17-33(18-20-37)42(50)51)54-43(55-39)34-15-13-31(14-16-34)35-8-4-7-30(21-35)24-46-40(48)23-38(41(46)49)45-44(52)53-26-29-5-2-1-3-6-29/h1-21,36,38-39,43,47H,22-27H2,(H,45,52)(H,50,51)/t36-,38?,39+,43+/m0/s1. The number of hydrogen-bond acceptors (Lipinski definition) is 9. The molecule has 2 aliphatic rings. The Kier molecular flexibility index (Phi) is 12.2. The number of thioether (sulfide) groups is 1. The maximum absolute atomic E-state index is 13.2. The number of hydrogen-bond donors (Lipinski definition) is 3. The number of likely N-dealkylation sites (tertiary alicyclic amines) is 1. The van der Waals surface area contributed by atoms with Crippen LogP contribution in [0.4, 0.5) is 4.79 Å². The molecule has 12 heteroatoms. The van der Waals surface area contributed by atoms with Gasteiger partial charge in [-0.3, -0.25) is 14.5 Å². The van der Waals surface area contributed by atoms with E-state index in [1.807, 2.05) is 103 Å². The van der Waals surface area contributed by atoms with Gasteiger partial charge in [0.2, 0.25) is 5.91 Å². The number of amides is 3. The van der Waals surface area contributed by atoms with Crippen molar-refractivity contribution in [3.63, 3.8) is 0 Å². The number of benzene rings is 5. The van der Waals surface area contributed by atoms with Gasteiger partial charge in [-0.05, 0) is 63.7 Å². The molecule has 5 aromatic rings. The number of carbonyl (C=O) groups excluding carboxylic acids is 3. The summed E-state index contributed by atoms with van der Waals surface area (Å²) < 4.78 is 18.3. The fourth-order valence-corrected chi connectivity index (χ4v) is 7.56. The van der Waals surface area contributed by atoms with Gasteiger partial charge in [0.1, 0.15) is 12.6 Å². The molecule has 0 aromatic heterocycles. The Morgan fingerprint density at radius 2 is 1.50 bits per heavy atom. The molecule has 2 heterocycles. The van der Waals surface area contributed by atoms with Gasteiger partial charge in [0.15, 0.2) is 6.29 Å². The topological polar surface area (TPSA) is 152 Å². The van der Waals surface area contributed by atoms with Crippen molar-refractivity contribution in [3.8, 4) is 11.1 Å². The van der Waals surface area contributed by atoms with Crippen LogP contribution in [0.15, 0.2) is 132 Å². The summed E-state index contributed by atoms with van der Waals surface area (Å²) in [6.45, 7) is 0.0655. The molecule has 56 heavy (non-hydrogen) atoms. The Morgan fingerprint density at radius 1 is 0.786 bits per heavy atom. The third kappa shape index (κ3) is 9.53. The van der Waals surface area contributed by atoms with Crippen LogP contribution in [0.1, 0.15) is 63.4 Å². The Hall–Kier alpha value is -5.79. The minimum Gasteiger partial charge on any atom is -0.478 e. The van der Waals surface area contributed by atoms with Gasteiger partial charge in [-0.25, -0.2) is 9.59 Å². The van der Waals surface area contributed by atoms with Gasteiger partial charge >= 0.3 is 12.1 Å². The van der Waals surface area contributed by atoms with Crippen LogP contribution in [-0.4, -0.2) is 56.9 Å². The molecule has 286 valence electrons. The highest BCUT2D eigenvalue weighted by molar-refractivity contribution is 7.99. The zero-order valence-corrected chi connectivity index (χ0v) is 31.1. The Balaban J connectivity index is 1.00. The first-order valence-corrected chi connectivity index (χ1v) is 19.2. The van der Waals surface area contributed by atoms with Crippen LogP contribution < -0.4 is 5.32 Å². The number of alkyl carbamates (subject to hydrolysis) is 1. The molecule has 7 rings (SSSR count). The van der Waals surface area contributed by atoms with E-state index in [2.05, 4.69) is 5.32 Å². The van der Waals surface area contributed by atoms with Crippen molar-refractivity contribution in [2.24, 2.45) is 0 Å². The van der Waals surface area contributed by atoms with Crippen LogP contribution in [0, 0.1) is 0 Å². The molecule has 3 amide bonds. The third-order valence-corrected chi connectivity index (χ3v) is 10.8. The quantitative estimate of drug-likeness (QED) is 0.0814. The number of carbonyl (C=O) groups is 4. The van der Waals surface area contributed by atoms with Crippen molar-refractivity contribution in [2.75, 3.05) is 5.75 Å². The van der Waals surface area contributed by atoms with Crippen LogP contribution in [-0.2, 0) is 43.6 Å². The van der Waals surface area contributed by atoms with Crippen molar-refractivity contribution in [1.29, 1.82) is 0 Å². The largest absolute Gasteiger partial charge is 0.478 e. The molecule has 0 bridgehead atoms. The number of ether oxygens (including phenoxy) is 3. The molecular weight excluding hydrogens is 733 g/mol. The highest BCUT2D eigenvalue weighted by atomic mass is 32.2. The lowest BCUT2D eigenvalue weighted by molar-refractivity contribution is -0.245. The molecule has 3 N–H and O–H groups in total. The maximum Gasteiger partial charge on any atom is 0.408 e. The van der Waals surface area contributed by atoms with E-state index in [0.717, 1.165) is 48.7 Å². The number of carboxylic acid groups (broad SMARTS) is 1. The first-order valence-electron chi connectivity index (χ1n) is 18.2. The summed E-state index contributed by atoms with van der Waals surface area (Å²) in [7, 11) is 0. The fourth-order valence-electron chi connectivity index (χ4n) is 6.64. The van der Waals surface area contributed by atoms with Crippen LogP contribution in [0.2, 0.25) is 0 Å². The summed E-state index contributed by atoms with van der Waals surface area (Å²) in [6, 6.07) is 38.1. The highest BCUT2D eigenvalue weighted by Crippen LogP contribution is 2.40. The van der Waals surface area contributed by atoms with E-state index in [0.29, 0.717) is 12.2 Å². The zero-order valence-electron chi connectivity index (χ0n) is 30.3. The predicted molar refractivity (Wildman–Crippen MR) is 208 cm³/mol. The van der Waals surface area contributed by atoms with Gasteiger partial charge in [-0.1, -0.05) is 97.1 Å². The minimum absolute atomic E-state index is 0.0485. The summed E-state index contributed by atoms with van der Waals surface area (Å²) in [6.07, 6.45) is -1.39. The molecule has 11 nitrogen and oxygen atoms in total. The minimum atomic E-state index is -0.992. The Labute approximate surface area is 328 Å². The van der Waals surface area contributed by atoms with Gasteiger partial charge in [-0.2, -0.15) is 0 Å². The molecule has 0 saturated carbocycles. The van der Waals surface area contributed by atoms with Gasteiger partial charge < -0.3 is 29.7 Å². The molecule has 4 atom stereocenters. The zero-order chi connectivity index (χ0) is 39.0. The monoisotopic (exact) mass is 772 g/mol. The van der Waals surface area contributed by atoms with E-state index < -0.39 is 30.3 Å². The van der Waals surface area contributed by atoms with Gasteiger partial charge in [0, 0.05) is 22.6 Å². The number of nitrogens with one attached hydrogen (secondary N) is 1. The van der Waals surface area contributed by atoms with E-state index in [4.69, 9.17) is 14.2 Å². The normalized spacial score (nSPS) is 19.5. The number of aromatic carboxylic acids is 1. The summed E-state index contributed by atoms with van der Waals surface area (Å²) in [4.78, 5) is 51.8. The van der Waals surface area contributed by atoms with Crippen LogP contribution in [0.3, 0.4) is 0 Å². The summed E-state index contributed by atoms with van der Waals surface area (Å²) >= 11 is 1.59. The molecule has 5 aromatic carbocycles. The fraction of sp³-hybridized carbons (Fsp3) is 0.227. The number of aliphatic hydroxyl groups excluding tert-OH is 1. The lowest BCUT2D eigenvalue weighted by Crippen LogP contribution is -2.41. The number of aliphatic hydroxyl groups is 1. The molecule has 1 unspecified atom stereocenters. The molecule has 0 radical (unpaired) electrons. The number of carboxylic acids is 1. The molecule has 2 fully saturated rings. The number of nitrogens with zero attached hydrogens (tertiary/aromatic N) is 1. The number of rotatable bonds is 13. The molecule has 0 spiro atoms. The van der Waals surface area contributed by atoms with E-state index in [9.17, 15) is 29.4 Å². The summed E-state index contributed by atoms with van der Waals surface area (Å²) in [5, 5.41) is 21.3. The third-order valence-electron chi connectivity index (χ3n) is 9.68. The molecule has 2 saturated heterocycles. The molecule has 0 aliphatic carbocycles. The first kappa shape index (κ1) is 38.5. The van der Waals surface area contributed by atoms with Gasteiger partial charge in [0.05, 0.1) is 37.3 Å². The average Bonchev–Trinajstić information content (AvgIpc) is 3.49. The average molecular weight is 773 g/mol. The second-order valence-electron chi connectivity index (χ2n) is 13.6. The molecular formula is C44H40N2O9S. The van der Waals surface area contributed by atoms with Crippen molar-refractivity contribution >= 4 is 35.6 Å². The van der Waals surface area contributed by atoms with E-state index in [1.54, 1.807) is 36.0 Å². The van der Waals surface area contributed by atoms with E-state index in [1.165, 1.54) is 0 Å². The van der Waals surface area contributed by atoms with Gasteiger partial charge in [-0.15, -0.1) is 11.8 Å². The van der Waals surface area contributed by atoms with Crippen LogP contribution >= 0.6 is 11.8 Å². The lowest BCUT2D eigenvalue weighted by atomic mass is 9.99. The molecule has 2 aliphatic heterocycles. The smallest absolute Gasteiger partial charge is 0.408 e.